The third-order valence-corrected chi connectivity index (χ3v) is 4.65. The van der Waals surface area contributed by atoms with E-state index < -0.39 is 0 Å². The molecule has 0 aromatic heterocycles. The monoisotopic (exact) mass is 316 g/mol. The second-order valence-electron chi connectivity index (χ2n) is 6.29. The lowest BCUT2D eigenvalue weighted by molar-refractivity contribution is -0.140. The van der Waals surface area contributed by atoms with Gasteiger partial charge < -0.3 is 10.2 Å². The van der Waals surface area contributed by atoms with Crippen LogP contribution in [0.5, 0.6) is 0 Å². The molecule has 23 heavy (non-hydrogen) atoms. The van der Waals surface area contributed by atoms with Gasteiger partial charge in [-0.1, -0.05) is 50.6 Å². The summed E-state index contributed by atoms with van der Waals surface area (Å²) in [4.78, 5) is 27.0. The smallest absolute Gasteiger partial charge is 0.243 e. The van der Waals surface area contributed by atoms with E-state index in [1.54, 1.807) is 4.90 Å². The van der Waals surface area contributed by atoms with E-state index in [0.717, 1.165) is 37.7 Å². The summed E-state index contributed by atoms with van der Waals surface area (Å²) in [5.41, 5.74) is 1.07. The highest BCUT2D eigenvalue weighted by Gasteiger charge is 2.32. The lowest BCUT2D eigenvalue weighted by Crippen LogP contribution is -2.50. The fraction of sp³-hybridized carbons (Fsp3) is 0.579. The van der Waals surface area contributed by atoms with Crippen LogP contribution < -0.4 is 5.32 Å². The van der Waals surface area contributed by atoms with Crippen molar-refractivity contribution in [1.29, 1.82) is 0 Å². The standard InChI is InChI=1S/C19H28N2O2/c1-3-16(4-2)20-19(23)17-12-8-9-13-18(22)21(17)14-15-10-6-5-7-11-15/h5-7,10-11,16-17H,3-4,8-9,12-14H2,1-2H3,(H,20,23). The molecule has 4 nitrogen and oxygen atoms in total. The van der Waals surface area contributed by atoms with E-state index in [1.165, 1.54) is 0 Å². The first-order valence-electron chi connectivity index (χ1n) is 8.79. The number of amides is 2. The Morgan fingerprint density at radius 1 is 1.22 bits per heavy atom. The molecule has 1 N–H and O–H groups in total. The number of benzene rings is 1. The molecular weight excluding hydrogens is 288 g/mol. The molecule has 0 radical (unpaired) electrons. The molecule has 1 atom stereocenters. The first-order valence-corrected chi connectivity index (χ1v) is 8.79. The molecule has 1 aromatic carbocycles. The maximum absolute atomic E-state index is 12.7. The van der Waals surface area contributed by atoms with Crippen molar-refractivity contribution >= 4 is 11.8 Å². The molecule has 2 amide bonds. The van der Waals surface area contributed by atoms with Gasteiger partial charge in [-0.15, -0.1) is 0 Å². The van der Waals surface area contributed by atoms with Crippen LogP contribution in [-0.4, -0.2) is 28.8 Å². The topological polar surface area (TPSA) is 49.4 Å². The number of nitrogens with zero attached hydrogens (tertiary/aromatic N) is 1. The summed E-state index contributed by atoms with van der Waals surface area (Å²) in [6, 6.07) is 9.77. The molecule has 0 spiro atoms. The quantitative estimate of drug-likeness (QED) is 0.875. The summed E-state index contributed by atoms with van der Waals surface area (Å²) < 4.78 is 0. The van der Waals surface area contributed by atoms with Crippen LogP contribution in [-0.2, 0) is 16.1 Å². The van der Waals surface area contributed by atoms with Crippen LogP contribution >= 0.6 is 0 Å². The maximum Gasteiger partial charge on any atom is 0.243 e. The summed E-state index contributed by atoms with van der Waals surface area (Å²) in [5.74, 6) is 0.0981. The molecule has 0 bridgehead atoms. The number of rotatable bonds is 6. The molecule has 1 aliphatic rings. The molecule has 4 heteroatoms. The van der Waals surface area contributed by atoms with Gasteiger partial charge in [-0.25, -0.2) is 0 Å². The van der Waals surface area contributed by atoms with Gasteiger partial charge in [0.25, 0.3) is 0 Å². The van der Waals surface area contributed by atoms with E-state index in [-0.39, 0.29) is 23.9 Å². The zero-order valence-corrected chi connectivity index (χ0v) is 14.3. The Kier molecular flexibility index (Phi) is 6.63. The average molecular weight is 316 g/mol. The van der Waals surface area contributed by atoms with Crippen molar-refractivity contribution in [1.82, 2.24) is 10.2 Å². The molecule has 1 heterocycles. The summed E-state index contributed by atoms with van der Waals surface area (Å²) in [7, 11) is 0. The SMILES string of the molecule is CCC(CC)NC(=O)C1CCCCC(=O)N1Cc1ccccc1. The zero-order chi connectivity index (χ0) is 16.7. The van der Waals surface area contributed by atoms with Crippen molar-refractivity contribution in [3.8, 4) is 0 Å². The number of hydrogen-bond acceptors (Lipinski definition) is 2. The van der Waals surface area contributed by atoms with Gasteiger partial charge >= 0.3 is 0 Å². The van der Waals surface area contributed by atoms with E-state index in [0.29, 0.717) is 13.0 Å². The predicted octanol–water partition coefficient (Wildman–Crippen LogP) is 3.26. The molecule has 1 aliphatic heterocycles. The number of likely N-dealkylation sites (tertiary alicyclic amines) is 1. The van der Waals surface area contributed by atoms with Crippen LogP contribution in [0.15, 0.2) is 30.3 Å². The summed E-state index contributed by atoms with van der Waals surface area (Å²) in [5, 5.41) is 3.12. The minimum atomic E-state index is -0.342. The van der Waals surface area contributed by atoms with E-state index in [4.69, 9.17) is 0 Å². The second kappa shape index (κ2) is 8.70. The van der Waals surface area contributed by atoms with Crippen LogP contribution in [0, 0.1) is 0 Å². The van der Waals surface area contributed by atoms with E-state index in [9.17, 15) is 9.59 Å². The highest BCUT2D eigenvalue weighted by molar-refractivity contribution is 5.88. The van der Waals surface area contributed by atoms with Crippen molar-refractivity contribution in [3.63, 3.8) is 0 Å². The van der Waals surface area contributed by atoms with Crippen molar-refractivity contribution in [2.45, 2.75) is 71.0 Å². The van der Waals surface area contributed by atoms with Crippen molar-refractivity contribution in [2.75, 3.05) is 0 Å². The minimum absolute atomic E-state index is 0.00452. The Hall–Kier alpha value is -1.84. The number of nitrogens with one attached hydrogen (secondary N) is 1. The first kappa shape index (κ1) is 17.5. The van der Waals surface area contributed by atoms with Gasteiger partial charge in [0.05, 0.1) is 0 Å². The Morgan fingerprint density at radius 2 is 1.91 bits per heavy atom. The molecule has 0 aliphatic carbocycles. The predicted molar refractivity (Wildman–Crippen MR) is 91.8 cm³/mol. The molecule has 0 saturated carbocycles. The van der Waals surface area contributed by atoms with Crippen LogP contribution in [0.3, 0.4) is 0 Å². The Labute approximate surface area is 139 Å². The van der Waals surface area contributed by atoms with Crippen LogP contribution in [0.2, 0.25) is 0 Å². The molecule has 1 fully saturated rings. The van der Waals surface area contributed by atoms with Crippen LogP contribution in [0.4, 0.5) is 0 Å². The third-order valence-electron chi connectivity index (χ3n) is 4.65. The van der Waals surface area contributed by atoms with Crippen LogP contribution in [0.1, 0.15) is 57.9 Å². The van der Waals surface area contributed by atoms with Crippen molar-refractivity contribution in [2.24, 2.45) is 0 Å². The Morgan fingerprint density at radius 3 is 2.57 bits per heavy atom. The zero-order valence-electron chi connectivity index (χ0n) is 14.3. The number of hydrogen-bond donors (Lipinski definition) is 1. The van der Waals surface area contributed by atoms with Gasteiger partial charge in [-0.05, 0) is 31.2 Å². The van der Waals surface area contributed by atoms with Gasteiger partial charge in [0.2, 0.25) is 11.8 Å². The Balaban J connectivity index is 2.14. The molecular formula is C19H28N2O2. The highest BCUT2D eigenvalue weighted by Crippen LogP contribution is 2.21. The second-order valence-corrected chi connectivity index (χ2v) is 6.29. The molecule has 2 rings (SSSR count). The normalized spacial score (nSPS) is 18.8. The molecule has 1 aromatic rings. The van der Waals surface area contributed by atoms with Gasteiger partial charge in [-0.3, -0.25) is 9.59 Å². The number of carbonyl (C=O) groups excluding carboxylic acids is 2. The van der Waals surface area contributed by atoms with Crippen molar-refractivity contribution < 1.29 is 9.59 Å². The van der Waals surface area contributed by atoms with Gasteiger partial charge in [0, 0.05) is 19.0 Å². The average Bonchev–Trinajstić information content (AvgIpc) is 2.76. The fourth-order valence-electron chi connectivity index (χ4n) is 3.13. The summed E-state index contributed by atoms with van der Waals surface area (Å²) >= 11 is 0. The summed E-state index contributed by atoms with van der Waals surface area (Å²) in [6.07, 6.45) is 4.94. The van der Waals surface area contributed by atoms with E-state index in [2.05, 4.69) is 19.2 Å². The third kappa shape index (κ3) is 4.81. The fourth-order valence-corrected chi connectivity index (χ4v) is 3.13. The van der Waals surface area contributed by atoms with Crippen molar-refractivity contribution in [3.05, 3.63) is 35.9 Å². The van der Waals surface area contributed by atoms with Gasteiger partial charge in [-0.2, -0.15) is 0 Å². The highest BCUT2D eigenvalue weighted by atomic mass is 16.2. The van der Waals surface area contributed by atoms with Gasteiger partial charge in [0.1, 0.15) is 6.04 Å². The lowest BCUT2D eigenvalue weighted by atomic mass is 10.1. The summed E-state index contributed by atoms with van der Waals surface area (Å²) in [6.45, 7) is 4.67. The van der Waals surface area contributed by atoms with Crippen LogP contribution in [0.25, 0.3) is 0 Å². The largest absolute Gasteiger partial charge is 0.352 e. The first-order chi connectivity index (χ1) is 11.2. The van der Waals surface area contributed by atoms with E-state index in [1.807, 2.05) is 30.3 Å². The minimum Gasteiger partial charge on any atom is -0.352 e. The Bertz CT molecular complexity index is 511. The molecule has 126 valence electrons. The lowest BCUT2D eigenvalue weighted by Gasteiger charge is -2.30. The number of carbonyl (C=O) groups is 2. The maximum atomic E-state index is 12.7. The molecule has 1 unspecified atom stereocenters. The van der Waals surface area contributed by atoms with E-state index >= 15 is 0 Å². The molecule has 1 saturated heterocycles. The van der Waals surface area contributed by atoms with Gasteiger partial charge in [0.15, 0.2) is 0 Å².